The largest absolute Gasteiger partial charge is 0.345 e. The van der Waals surface area contributed by atoms with Gasteiger partial charge in [-0.05, 0) is 6.42 Å². The number of nitrogens with zero attached hydrogens (tertiary/aromatic N) is 3. The molecule has 0 aliphatic carbocycles. The molecule has 2 rings (SSSR count). The summed E-state index contributed by atoms with van der Waals surface area (Å²) in [5.74, 6) is -0.229. The second-order valence-corrected chi connectivity index (χ2v) is 3.74. The zero-order valence-electron chi connectivity index (χ0n) is 9.36. The molecule has 0 atom stereocenters. The predicted molar refractivity (Wildman–Crippen MR) is 57.9 cm³/mol. The molecule has 0 radical (unpaired) electrons. The van der Waals surface area contributed by atoms with Gasteiger partial charge in [-0.1, -0.05) is 6.92 Å². The highest BCUT2D eigenvalue weighted by molar-refractivity contribution is 6.04. The summed E-state index contributed by atoms with van der Waals surface area (Å²) in [6.07, 6.45) is 2.51. The Kier molecular flexibility index (Phi) is 2.64. The lowest BCUT2D eigenvalue weighted by atomic mass is 10.2. The van der Waals surface area contributed by atoms with E-state index in [4.69, 9.17) is 0 Å². The van der Waals surface area contributed by atoms with Crippen LogP contribution in [0.15, 0.2) is 6.20 Å². The van der Waals surface area contributed by atoms with Gasteiger partial charge in [0.05, 0.1) is 17.9 Å². The van der Waals surface area contributed by atoms with E-state index in [1.807, 2.05) is 6.92 Å². The van der Waals surface area contributed by atoms with E-state index in [1.165, 1.54) is 4.90 Å². The average Bonchev–Trinajstić information content (AvgIpc) is 2.63. The summed E-state index contributed by atoms with van der Waals surface area (Å²) in [7, 11) is 1.80. The van der Waals surface area contributed by atoms with Crippen molar-refractivity contribution in [3.8, 4) is 0 Å². The Morgan fingerprint density at radius 2 is 2.25 bits per heavy atom. The number of nitrogens with one attached hydrogen (secondary N) is 1. The smallest absolute Gasteiger partial charge is 0.246 e. The molecular weight excluding hydrogens is 208 g/mol. The fourth-order valence-electron chi connectivity index (χ4n) is 1.78. The first kappa shape index (κ1) is 10.7. The number of aromatic nitrogens is 2. The number of aryl methyl sites for hydroxylation is 2. The zero-order chi connectivity index (χ0) is 11.7. The molecule has 2 heterocycles. The van der Waals surface area contributed by atoms with Crippen molar-refractivity contribution >= 4 is 17.5 Å². The molecule has 0 saturated carbocycles. The van der Waals surface area contributed by atoms with Crippen molar-refractivity contribution in [2.75, 3.05) is 18.0 Å². The van der Waals surface area contributed by atoms with E-state index in [0.717, 1.165) is 17.8 Å². The molecule has 1 saturated heterocycles. The van der Waals surface area contributed by atoms with Crippen molar-refractivity contribution < 1.29 is 9.59 Å². The van der Waals surface area contributed by atoms with Crippen LogP contribution in [0.25, 0.3) is 0 Å². The molecular formula is C10H14N4O2. The van der Waals surface area contributed by atoms with Crippen molar-refractivity contribution in [1.82, 2.24) is 15.1 Å². The van der Waals surface area contributed by atoms with Gasteiger partial charge in [0, 0.05) is 13.2 Å². The first-order valence-electron chi connectivity index (χ1n) is 5.21. The third-order valence-corrected chi connectivity index (χ3v) is 2.55. The maximum absolute atomic E-state index is 11.7. The minimum atomic E-state index is -0.134. The van der Waals surface area contributed by atoms with Crippen molar-refractivity contribution in [3.63, 3.8) is 0 Å². The molecule has 1 aromatic heterocycles. The number of carbonyl (C=O) groups is 2. The van der Waals surface area contributed by atoms with Gasteiger partial charge in [0.25, 0.3) is 0 Å². The summed E-state index contributed by atoms with van der Waals surface area (Å²) < 4.78 is 1.66. The summed E-state index contributed by atoms with van der Waals surface area (Å²) in [5.41, 5.74) is 1.58. The Balaban J connectivity index is 2.34. The van der Waals surface area contributed by atoms with Gasteiger partial charge in [-0.3, -0.25) is 19.2 Å². The van der Waals surface area contributed by atoms with Crippen LogP contribution in [0.1, 0.15) is 12.6 Å². The maximum Gasteiger partial charge on any atom is 0.246 e. The van der Waals surface area contributed by atoms with Crippen LogP contribution in [0.5, 0.6) is 0 Å². The van der Waals surface area contributed by atoms with Crippen molar-refractivity contribution in [2.45, 2.75) is 13.3 Å². The molecule has 86 valence electrons. The molecule has 1 aliphatic heterocycles. The van der Waals surface area contributed by atoms with Crippen LogP contribution in [0.3, 0.4) is 0 Å². The average molecular weight is 222 g/mol. The number of hydrogen-bond donors (Lipinski definition) is 1. The Morgan fingerprint density at radius 1 is 1.50 bits per heavy atom. The highest BCUT2D eigenvalue weighted by atomic mass is 16.2. The van der Waals surface area contributed by atoms with E-state index >= 15 is 0 Å². The number of hydrogen-bond acceptors (Lipinski definition) is 3. The molecule has 16 heavy (non-hydrogen) atoms. The molecule has 0 spiro atoms. The van der Waals surface area contributed by atoms with E-state index in [1.54, 1.807) is 17.9 Å². The van der Waals surface area contributed by atoms with Gasteiger partial charge in [0.1, 0.15) is 6.54 Å². The first-order valence-corrected chi connectivity index (χ1v) is 5.21. The molecule has 6 nitrogen and oxygen atoms in total. The van der Waals surface area contributed by atoms with Crippen molar-refractivity contribution in [3.05, 3.63) is 11.9 Å². The van der Waals surface area contributed by atoms with Crippen LogP contribution in [0.4, 0.5) is 5.69 Å². The van der Waals surface area contributed by atoms with Crippen LogP contribution in [0.2, 0.25) is 0 Å². The number of amides is 2. The molecule has 1 aliphatic rings. The van der Waals surface area contributed by atoms with Crippen LogP contribution in [0, 0.1) is 0 Å². The summed E-state index contributed by atoms with van der Waals surface area (Å²) in [4.78, 5) is 24.4. The number of anilines is 1. The van der Waals surface area contributed by atoms with E-state index in [9.17, 15) is 9.59 Å². The fourth-order valence-corrected chi connectivity index (χ4v) is 1.78. The summed E-state index contributed by atoms with van der Waals surface area (Å²) >= 11 is 0. The summed E-state index contributed by atoms with van der Waals surface area (Å²) in [6.45, 7) is 2.12. The maximum atomic E-state index is 11.7. The van der Waals surface area contributed by atoms with Gasteiger partial charge in [-0.15, -0.1) is 0 Å². The summed E-state index contributed by atoms with van der Waals surface area (Å²) in [5, 5.41) is 6.77. The number of piperazine rings is 1. The van der Waals surface area contributed by atoms with Gasteiger partial charge < -0.3 is 5.32 Å². The highest BCUT2D eigenvalue weighted by Gasteiger charge is 2.27. The molecule has 1 fully saturated rings. The molecule has 0 aromatic carbocycles. The molecule has 0 bridgehead atoms. The SMILES string of the molecule is CCc1nn(C)cc1N1CC(=O)NCC1=O. The number of carbonyl (C=O) groups excluding carboxylic acids is 2. The quantitative estimate of drug-likeness (QED) is 0.729. The third kappa shape index (κ3) is 1.78. The lowest BCUT2D eigenvalue weighted by Crippen LogP contribution is -2.51. The molecule has 2 amide bonds. The summed E-state index contributed by atoms with van der Waals surface area (Å²) in [6, 6.07) is 0. The normalized spacial score (nSPS) is 16.5. The topological polar surface area (TPSA) is 67.2 Å². The second-order valence-electron chi connectivity index (χ2n) is 3.74. The van der Waals surface area contributed by atoms with Gasteiger partial charge in [0.15, 0.2) is 0 Å². The second kappa shape index (κ2) is 3.96. The van der Waals surface area contributed by atoms with E-state index in [0.29, 0.717) is 0 Å². The third-order valence-electron chi connectivity index (χ3n) is 2.55. The van der Waals surface area contributed by atoms with Gasteiger partial charge in [-0.2, -0.15) is 5.10 Å². The Hall–Kier alpha value is -1.85. The fraction of sp³-hybridized carbons (Fsp3) is 0.500. The predicted octanol–water partition coefficient (Wildman–Crippen LogP) is -0.555. The van der Waals surface area contributed by atoms with E-state index in [2.05, 4.69) is 10.4 Å². The van der Waals surface area contributed by atoms with Crippen molar-refractivity contribution in [1.29, 1.82) is 0 Å². The van der Waals surface area contributed by atoms with Crippen LogP contribution < -0.4 is 10.2 Å². The minimum Gasteiger partial charge on any atom is -0.345 e. The van der Waals surface area contributed by atoms with Gasteiger partial charge in [0.2, 0.25) is 11.8 Å². The molecule has 1 aromatic rings. The molecule has 6 heteroatoms. The lowest BCUT2D eigenvalue weighted by molar-refractivity contribution is -0.128. The van der Waals surface area contributed by atoms with Crippen LogP contribution in [-0.2, 0) is 23.1 Å². The van der Waals surface area contributed by atoms with E-state index in [-0.39, 0.29) is 24.9 Å². The van der Waals surface area contributed by atoms with Crippen molar-refractivity contribution in [2.24, 2.45) is 7.05 Å². The standard InChI is InChI=1S/C10H14N4O2/c1-3-7-8(5-13(2)12-7)14-6-9(15)11-4-10(14)16/h5H,3-4,6H2,1-2H3,(H,11,15). The first-order chi connectivity index (χ1) is 7.61. The number of rotatable bonds is 2. The molecule has 1 N–H and O–H groups in total. The Bertz CT molecular complexity index is 438. The van der Waals surface area contributed by atoms with Gasteiger partial charge >= 0.3 is 0 Å². The van der Waals surface area contributed by atoms with Crippen LogP contribution >= 0.6 is 0 Å². The monoisotopic (exact) mass is 222 g/mol. The zero-order valence-corrected chi connectivity index (χ0v) is 9.36. The minimum absolute atomic E-state index is 0.0664. The van der Waals surface area contributed by atoms with Gasteiger partial charge in [-0.25, -0.2) is 0 Å². The van der Waals surface area contributed by atoms with E-state index < -0.39 is 0 Å². The Morgan fingerprint density at radius 3 is 2.94 bits per heavy atom. The van der Waals surface area contributed by atoms with Crippen LogP contribution in [-0.4, -0.2) is 34.7 Å². The molecule has 0 unspecified atom stereocenters. The Labute approximate surface area is 93.2 Å². The highest BCUT2D eigenvalue weighted by Crippen LogP contribution is 2.20. The lowest BCUT2D eigenvalue weighted by Gasteiger charge is -2.26.